The summed E-state index contributed by atoms with van der Waals surface area (Å²) in [5, 5.41) is 13.4. The van der Waals surface area contributed by atoms with E-state index < -0.39 is 5.97 Å². The van der Waals surface area contributed by atoms with Crippen LogP contribution in [0.25, 0.3) is 5.70 Å². The first-order valence-electron chi connectivity index (χ1n) is 4.36. The topological polar surface area (TPSA) is 58.6 Å². The average Bonchev–Trinajstić information content (AvgIpc) is 2.83. The third-order valence-electron chi connectivity index (χ3n) is 1.78. The summed E-state index contributed by atoms with van der Waals surface area (Å²) in [5.41, 5.74) is 0.573. The maximum atomic E-state index is 10.3. The van der Waals surface area contributed by atoms with Crippen LogP contribution in [0.3, 0.4) is 0 Å². The van der Waals surface area contributed by atoms with Crippen LogP contribution in [0.15, 0.2) is 17.5 Å². The summed E-state index contributed by atoms with van der Waals surface area (Å²) in [6.07, 6.45) is 0. The van der Waals surface area contributed by atoms with Crippen LogP contribution in [0.1, 0.15) is 4.88 Å². The van der Waals surface area contributed by atoms with Crippen molar-refractivity contribution >= 4 is 46.4 Å². The van der Waals surface area contributed by atoms with Gasteiger partial charge in [0.2, 0.25) is 0 Å². The monoisotopic (exact) mass is 277 g/mol. The SMILES string of the molecule is O=C(O)COC1NC(c2ccc(Cl)s2)=CS1. The molecule has 1 aromatic rings. The minimum Gasteiger partial charge on any atom is -0.480 e. The van der Waals surface area contributed by atoms with E-state index in [0.717, 1.165) is 14.9 Å². The number of thiophene rings is 1. The lowest BCUT2D eigenvalue weighted by molar-refractivity contribution is -0.142. The lowest BCUT2D eigenvalue weighted by atomic mass is 10.4. The summed E-state index contributed by atoms with van der Waals surface area (Å²) >= 11 is 8.69. The van der Waals surface area contributed by atoms with Gasteiger partial charge in [-0.1, -0.05) is 23.4 Å². The molecular weight excluding hydrogens is 270 g/mol. The minimum absolute atomic E-state index is 0.309. The van der Waals surface area contributed by atoms with Crippen molar-refractivity contribution in [2.75, 3.05) is 6.61 Å². The second-order valence-electron chi connectivity index (χ2n) is 2.95. The summed E-state index contributed by atoms with van der Waals surface area (Å²) in [5.74, 6) is -0.977. The van der Waals surface area contributed by atoms with Crippen molar-refractivity contribution in [2.24, 2.45) is 0 Å². The van der Waals surface area contributed by atoms with E-state index >= 15 is 0 Å². The summed E-state index contributed by atoms with van der Waals surface area (Å²) in [4.78, 5) is 11.3. The highest BCUT2D eigenvalue weighted by Gasteiger charge is 2.19. The third-order valence-corrected chi connectivity index (χ3v) is 3.92. The molecule has 0 amide bonds. The molecule has 2 rings (SSSR count). The molecule has 16 heavy (non-hydrogen) atoms. The van der Waals surface area contributed by atoms with E-state index in [1.54, 1.807) is 0 Å². The van der Waals surface area contributed by atoms with Crippen molar-refractivity contribution in [3.05, 3.63) is 26.8 Å². The van der Waals surface area contributed by atoms with Gasteiger partial charge >= 0.3 is 5.97 Å². The summed E-state index contributed by atoms with van der Waals surface area (Å²) in [6, 6.07) is 3.73. The molecule has 4 nitrogen and oxygen atoms in total. The molecule has 1 atom stereocenters. The molecule has 1 unspecified atom stereocenters. The van der Waals surface area contributed by atoms with Gasteiger partial charge in [0.05, 0.1) is 14.9 Å². The molecule has 1 aliphatic heterocycles. The molecular formula is C9H8ClNO3S2. The van der Waals surface area contributed by atoms with Crippen LogP contribution in [-0.2, 0) is 9.53 Å². The predicted octanol–water partition coefficient (Wildman–Crippen LogP) is 2.42. The van der Waals surface area contributed by atoms with Gasteiger partial charge in [0.15, 0.2) is 5.56 Å². The van der Waals surface area contributed by atoms with E-state index in [4.69, 9.17) is 21.4 Å². The van der Waals surface area contributed by atoms with Gasteiger partial charge in [-0.3, -0.25) is 0 Å². The second kappa shape index (κ2) is 5.09. The van der Waals surface area contributed by atoms with Gasteiger partial charge in [-0.15, -0.1) is 11.3 Å². The van der Waals surface area contributed by atoms with Crippen molar-refractivity contribution in [2.45, 2.75) is 5.56 Å². The number of carboxylic acid groups (broad SMARTS) is 1. The van der Waals surface area contributed by atoms with E-state index in [-0.39, 0.29) is 12.2 Å². The molecule has 7 heteroatoms. The normalized spacial score (nSPS) is 19.3. The molecule has 2 N–H and O–H groups in total. The molecule has 0 radical (unpaired) electrons. The zero-order valence-corrected chi connectivity index (χ0v) is 10.4. The van der Waals surface area contributed by atoms with E-state index in [2.05, 4.69) is 5.32 Å². The number of ether oxygens (including phenoxy) is 1. The number of rotatable bonds is 4. The quantitative estimate of drug-likeness (QED) is 0.885. The lowest BCUT2D eigenvalue weighted by Crippen LogP contribution is -2.25. The third kappa shape index (κ3) is 2.91. The fourth-order valence-corrected chi connectivity index (χ4v) is 3.03. The average molecular weight is 278 g/mol. The van der Waals surface area contributed by atoms with Crippen LogP contribution in [0, 0.1) is 0 Å². The maximum Gasteiger partial charge on any atom is 0.329 e. The first-order valence-corrected chi connectivity index (χ1v) is 6.50. The standard InChI is InChI=1S/C9H8ClNO3S2/c10-7-2-1-6(16-7)5-4-15-9(11-5)14-3-8(12)13/h1-2,4,9,11H,3H2,(H,12,13). The van der Waals surface area contributed by atoms with Crippen molar-refractivity contribution in [1.29, 1.82) is 0 Å². The maximum absolute atomic E-state index is 10.3. The summed E-state index contributed by atoms with van der Waals surface area (Å²) < 4.78 is 5.81. The molecule has 1 aliphatic rings. The number of hydrogen-bond donors (Lipinski definition) is 2. The Balaban J connectivity index is 1.90. The zero-order valence-electron chi connectivity index (χ0n) is 7.97. The number of aliphatic carboxylic acids is 1. The smallest absolute Gasteiger partial charge is 0.329 e. The Morgan fingerprint density at radius 3 is 3.06 bits per heavy atom. The molecule has 1 aromatic heterocycles. The molecule has 86 valence electrons. The molecule has 2 heterocycles. The number of thioether (sulfide) groups is 1. The number of hydrogen-bond acceptors (Lipinski definition) is 5. The Morgan fingerprint density at radius 1 is 1.62 bits per heavy atom. The Hall–Kier alpha value is -0.690. The van der Waals surface area contributed by atoms with Gasteiger partial charge in [-0.05, 0) is 12.1 Å². The van der Waals surface area contributed by atoms with Gasteiger partial charge in [-0.2, -0.15) is 0 Å². The van der Waals surface area contributed by atoms with Crippen molar-refractivity contribution in [3.63, 3.8) is 0 Å². The van der Waals surface area contributed by atoms with E-state index in [1.807, 2.05) is 17.5 Å². The number of nitrogens with one attached hydrogen (secondary N) is 1. The van der Waals surface area contributed by atoms with Crippen LogP contribution in [0.4, 0.5) is 0 Å². The number of carbonyl (C=O) groups is 1. The van der Waals surface area contributed by atoms with Crippen LogP contribution in [-0.4, -0.2) is 23.2 Å². The van der Waals surface area contributed by atoms with E-state index in [9.17, 15) is 4.79 Å². The highest BCUT2D eigenvalue weighted by atomic mass is 35.5. The summed E-state index contributed by atoms with van der Waals surface area (Å²) in [6.45, 7) is -0.309. The first kappa shape index (κ1) is 11.8. The van der Waals surface area contributed by atoms with Gasteiger partial charge in [0.1, 0.15) is 6.61 Å². The van der Waals surface area contributed by atoms with Gasteiger partial charge in [0.25, 0.3) is 0 Å². The van der Waals surface area contributed by atoms with Crippen molar-refractivity contribution in [1.82, 2.24) is 5.32 Å². The molecule has 0 saturated heterocycles. The van der Waals surface area contributed by atoms with Gasteiger partial charge < -0.3 is 15.2 Å². The Labute approximate surface area is 105 Å². The first-order chi connectivity index (χ1) is 7.65. The molecule has 0 aliphatic carbocycles. The fraction of sp³-hybridized carbons (Fsp3) is 0.222. The highest BCUT2D eigenvalue weighted by molar-refractivity contribution is 8.03. The van der Waals surface area contributed by atoms with Crippen LogP contribution < -0.4 is 5.32 Å². The number of halogens is 1. The molecule has 0 fully saturated rings. The molecule has 0 saturated carbocycles. The van der Waals surface area contributed by atoms with Crippen LogP contribution in [0.5, 0.6) is 0 Å². The highest BCUT2D eigenvalue weighted by Crippen LogP contribution is 2.33. The summed E-state index contributed by atoms with van der Waals surface area (Å²) in [7, 11) is 0. The second-order valence-corrected chi connectivity index (χ2v) is 5.60. The van der Waals surface area contributed by atoms with Gasteiger partial charge in [0, 0.05) is 5.41 Å². The molecule has 0 aromatic carbocycles. The van der Waals surface area contributed by atoms with Gasteiger partial charge in [-0.25, -0.2) is 4.79 Å². The largest absolute Gasteiger partial charge is 0.480 e. The predicted molar refractivity (Wildman–Crippen MR) is 65.4 cm³/mol. The van der Waals surface area contributed by atoms with E-state index in [0.29, 0.717) is 0 Å². The lowest BCUT2D eigenvalue weighted by Gasteiger charge is -2.11. The van der Waals surface area contributed by atoms with E-state index in [1.165, 1.54) is 23.1 Å². The van der Waals surface area contributed by atoms with Crippen LogP contribution >= 0.6 is 34.7 Å². The zero-order chi connectivity index (χ0) is 11.5. The Bertz CT molecular complexity index is 432. The minimum atomic E-state index is -0.977. The number of carboxylic acids is 1. The van der Waals surface area contributed by atoms with Crippen LogP contribution in [0.2, 0.25) is 4.34 Å². The molecule has 0 bridgehead atoms. The Morgan fingerprint density at radius 2 is 2.44 bits per heavy atom. The fourth-order valence-electron chi connectivity index (χ4n) is 1.14. The molecule has 0 spiro atoms. The Kier molecular flexibility index (Phi) is 3.75. The van der Waals surface area contributed by atoms with Crippen molar-refractivity contribution in [3.8, 4) is 0 Å². The van der Waals surface area contributed by atoms with Crippen molar-refractivity contribution < 1.29 is 14.6 Å².